The van der Waals surface area contributed by atoms with Gasteiger partial charge in [-0.05, 0) is 0 Å². The van der Waals surface area contributed by atoms with Crippen molar-refractivity contribution < 1.29 is 44.7 Å². The van der Waals surface area contributed by atoms with Crippen molar-refractivity contribution in [2.24, 2.45) is 16.5 Å². The number of rotatable bonds is 6. The van der Waals surface area contributed by atoms with Crippen molar-refractivity contribution in [3.8, 4) is 0 Å². The zero-order valence-electron chi connectivity index (χ0n) is 15.0. The molecule has 0 aliphatic rings. The van der Waals surface area contributed by atoms with Crippen LogP contribution in [0, 0.1) is 5.41 Å². The molecule has 0 heterocycles. The Morgan fingerprint density at radius 3 is 1.41 bits per heavy atom. The van der Waals surface area contributed by atoms with Crippen LogP contribution in [0.1, 0.15) is 26.2 Å². The third kappa shape index (κ3) is 18.8. The van der Waals surface area contributed by atoms with Crippen molar-refractivity contribution in [1.82, 2.24) is 4.90 Å². The van der Waals surface area contributed by atoms with Gasteiger partial charge in [-0.1, -0.05) is 6.92 Å². The molecule has 156 valence electrons. The normalized spacial score (nSPS) is 9.33. The molecule has 0 spiro atoms. The fourth-order valence-electron chi connectivity index (χ4n) is 0.936. The van der Waals surface area contributed by atoms with Crippen molar-refractivity contribution in [3.05, 3.63) is 0 Å². The summed E-state index contributed by atoms with van der Waals surface area (Å²) in [5, 5.41) is 48.6. The third-order valence-corrected chi connectivity index (χ3v) is 2.25. The van der Waals surface area contributed by atoms with Crippen LogP contribution in [0.5, 0.6) is 0 Å². The van der Waals surface area contributed by atoms with E-state index in [0.717, 1.165) is 0 Å². The number of carboxylic acids is 4. The molecule has 0 aromatic heterocycles. The molecule has 0 radical (unpaired) electrons. The van der Waals surface area contributed by atoms with Gasteiger partial charge in [-0.15, -0.1) is 0 Å². The second-order valence-electron chi connectivity index (χ2n) is 4.98. The number of aliphatic carboxylic acids is 4. The minimum absolute atomic E-state index is 0.0509. The smallest absolute Gasteiger partial charge is 0.336 e. The summed E-state index contributed by atoms with van der Waals surface area (Å²) in [4.78, 5) is 44.8. The number of aliphatic imine (C=N–C) groups is 1. The van der Waals surface area contributed by atoms with E-state index in [1.807, 2.05) is 0 Å². The van der Waals surface area contributed by atoms with E-state index in [-0.39, 0.29) is 18.3 Å². The van der Waals surface area contributed by atoms with Crippen LogP contribution in [0.4, 0.5) is 0 Å². The first-order valence-electron chi connectivity index (χ1n) is 7.05. The Bertz CT molecular complexity index is 555. The zero-order valence-corrected chi connectivity index (χ0v) is 15.0. The van der Waals surface area contributed by atoms with Gasteiger partial charge in [0.25, 0.3) is 0 Å². The minimum atomic E-state index is -2.74. The Hall–Kier alpha value is -3.42. The fraction of sp³-hybridized carbons (Fsp3) is 0.538. The van der Waals surface area contributed by atoms with Gasteiger partial charge in [0.2, 0.25) is 5.96 Å². The first kappa shape index (κ1) is 28.4. The summed E-state index contributed by atoms with van der Waals surface area (Å²) in [5.74, 6) is -5.80. The van der Waals surface area contributed by atoms with E-state index in [2.05, 4.69) is 4.99 Å². The number of hydrogen-bond acceptors (Lipinski definition) is 6. The van der Waals surface area contributed by atoms with Gasteiger partial charge in [0.1, 0.15) is 0 Å². The van der Waals surface area contributed by atoms with Gasteiger partial charge in [0.15, 0.2) is 11.6 Å². The summed E-state index contributed by atoms with van der Waals surface area (Å²) in [7, 11) is 3.38. The molecule has 0 amide bonds. The summed E-state index contributed by atoms with van der Waals surface area (Å²) >= 11 is 0. The monoisotopic (exact) mass is 395 g/mol. The van der Waals surface area contributed by atoms with Crippen LogP contribution in [-0.2, 0) is 19.2 Å². The van der Waals surface area contributed by atoms with Crippen molar-refractivity contribution in [3.63, 3.8) is 0 Å². The summed E-state index contributed by atoms with van der Waals surface area (Å²) < 4.78 is 0. The number of carbonyl (C=O) groups is 4. The Morgan fingerprint density at radius 1 is 0.963 bits per heavy atom. The molecule has 0 aromatic carbocycles. The van der Waals surface area contributed by atoms with Gasteiger partial charge >= 0.3 is 23.9 Å². The minimum Gasteiger partial charge on any atom is -0.481 e. The molecule has 0 rings (SSSR count). The molecule has 10 N–H and O–H groups in total. The van der Waals surface area contributed by atoms with E-state index in [1.54, 1.807) is 21.0 Å². The second kappa shape index (κ2) is 13.8. The topological polar surface area (TPSA) is 261 Å². The standard InChI is InChI=1S/C6H8O7.C4H11N5.C3H6O2/c7-3(8)1-6(13,5(11)12)2-4(9)10;1-9(2)4(7)8-3(5)6;1-2-3(4)5/h13H,1-2H2,(H,7,8)(H,9,10)(H,11,12);1-2H3,(H5,5,6,7,8);2H2,1H3,(H,4,5). The van der Waals surface area contributed by atoms with Crippen molar-refractivity contribution in [1.29, 1.82) is 5.41 Å². The summed E-state index contributed by atoms with van der Waals surface area (Å²) in [6.45, 7) is 1.60. The van der Waals surface area contributed by atoms with Gasteiger partial charge in [-0.25, -0.2) is 4.79 Å². The van der Waals surface area contributed by atoms with E-state index in [9.17, 15) is 19.2 Å². The molecular formula is C13H25N5O9. The van der Waals surface area contributed by atoms with E-state index >= 15 is 0 Å². The number of guanidine groups is 2. The maximum atomic E-state index is 10.3. The Balaban J connectivity index is -0.000000356. The van der Waals surface area contributed by atoms with Gasteiger partial charge in [-0.3, -0.25) is 19.8 Å². The zero-order chi connectivity index (χ0) is 22.4. The maximum Gasteiger partial charge on any atom is 0.336 e. The lowest BCUT2D eigenvalue weighted by Gasteiger charge is -2.18. The van der Waals surface area contributed by atoms with Gasteiger partial charge < -0.3 is 41.9 Å². The highest BCUT2D eigenvalue weighted by atomic mass is 16.4. The summed E-state index contributed by atoms with van der Waals surface area (Å²) in [6.07, 6.45) is -2.07. The molecule has 0 bridgehead atoms. The van der Waals surface area contributed by atoms with Crippen LogP contribution >= 0.6 is 0 Å². The molecule has 0 atom stereocenters. The summed E-state index contributed by atoms with van der Waals surface area (Å²) in [6, 6.07) is 0. The van der Waals surface area contributed by atoms with E-state index < -0.39 is 42.3 Å². The first-order chi connectivity index (χ1) is 12.1. The SMILES string of the molecule is CCC(=O)O.CN(C)C(=N)N=C(N)N.O=C(O)CC(O)(CC(=O)O)C(=O)O. The second-order valence-corrected chi connectivity index (χ2v) is 4.98. The van der Waals surface area contributed by atoms with Crippen LogP contribution in [-0.4, -0.2) is 85.9 Å². The van der Waals surface area contributed by atoms with Gasteiger partial charge in [0.05, 0.1) is 12.8 Å². The Kier molecular flexibility index (Phi) is 14.5. The van der Waals surface area contributed by atoms with E-state index in [4.69, 9.17) is 42.4 Å². The highest BCUT2D eigenvalue weighted by Crippen LogP contribution is 2.15. The molecule has 0 aromatic rings. The molecule has 14 heteroatoms. The maximum absolute atomic E-state index is 10.3. The number of aliphatic hydroxyl groups is 1. The van der Waals surface area contributed by atoms with Gasteiger partial charge in [0, 0.05) is 20.5 Å². The van der Waals surface area contributed by atoms with E-state index in [1.165, 1.54) is 4.90 Å². The predicted octanol–water partition coefficient (Wildman–Crippen LogP) is -2.01. The number of nitrogens with two attached hydrogens (primary N) is 2. The fourth-order valence-corrected chi connectivity index (χ4v) is 0.936. The average Bonchev–Trinajstić information content (AvgIpc) is 2.45. The Morgan fingerprint density at radius 2 is 1.30 bits per heavy atom. The lowest BCUT2D eigenvalue weighted by molar-refractivity contribution is -0.170. The molecule has 0 saturated heterocycles. The highest BCUT2D eigenvalue weighted by Gasteiger charge is 2.40. The number of hydrogen-bond donors (Lipinski definition) is 8. The van der Waals surface area contributed by atoms with Crippen LogP contribution in [0.15, 0.2) is 4.99 Å². The molecule has 0 unspecified atom stereocenters. The van der Waals surface area contributed by atoms with Crippen molar-refractivity contribution >= 4 is 35.8 Å². The number of nitrogens with zero attached hydrogens (tertiary/aromatic N) is 2. The first-order valence-corrected chi connectivity index (χ1v) is 7.05. The largest absolute Gasteiger partial charge is 0.481 e. The van der Waals surface area contributed by atoms with Crippen LogP contribution in [0.3, 0.4) is 0 Å². The molecule has 14 nitrogen and oxygen atoms in total. The lowest BCUT2D eigenvalue weighted by Crippen LogP contribution is -2.42. The number of carboxylic acid groups (broad SMARTS) is 4. The molecule has 0 saturated carbocycles. The predicted molar refractivity (Wildman–Crippen MR) is 92.2 cm³/mol. The van der Waals surface area contributed by atoms with Crippen LogP contribution < -0.4 is 11.5 Å². The van der Waals surface area contributed by atoms with Crippen LogP contribution in [0.2, 0.25) is 0 Å². The molecule has 0 aliphatic carbocycles. The molecule has 0 aliphatic heterocycles. The quantitative estimate of drug-likeness (QED) is 0.179. The third-order valence-electron chi connectivity index (χ3n) is 2.25. The van der Waals surface area contributed by atoms with Crippen LogP contribution in [0.25, 0.3) is 0 Å². The van der Waals surface area contributed by atoms with E-state index in [0.29, 0.717) is 0 Å². The van der Waals surface area contributed by atoms with Crippen molar-refractivity contribution in [2.45, 2.75) is 31.8 Å². The molecule has 0 fully saturated rings. The summed E-state index contributed by atoms with van der Waals surface area (Å²) in [5.41, 5.74) is 7.24. The average molecular weight is 395 g/mol. The highest BCUT2D eigenvalue weighted by molar-refractivity contribution is 5.91. The molecular weight excluding hydrogens is 370 g/mol. The Labute approximate surface area is 154 Å². The van der Waals surface area contributed by atoms with Gasteiger partial charge in [-0.2, -0.15) is 4.99 Å². The lowest BCUT2D eigenvalue weighted by atomic mass is 9.96. The molecule has 27 heavy (non-hydrogen) atoms. The van der Waals surface area contributed by atoms with Crippen molar-refractivity contribution in [2.75, 3.05) is 14.1 Å². The number of nitrogens with one attached hydrogen (secondary N) is 1.